The van der Waals surface area contributed by atoms with E-state index < -0.39 is 15.8 Å². The van der Waals surface area contributed by atoms with Crippen LogP contribution >= 0.6 is 11.3 Å². The van der Waals surface area contributed by atoms with Crippen LogP contribution in [0.2, 0.25) is 0 Å². The van der Waals surface area contributed by atoms with Gasteiger partial charge in [0.25, 0.3) is 0 Å². The number of ether oxygens (including phenoxy) is 1. The van der Waals surface area contributed by atoms with E-state index in [0.717, 1.165) is 6.26 Å². The van der Waals surface area contributed by atoms with Gasteiger partial charge in [-0.3, -0.25) is 0 Å². The molecule has 2 aromatic rings. The first-order valence-electron chi connectivity index (χ1n) is 5.65. The maximum absolute atomic E-state index is 11.4. The Morgan fingerprint density at radius 2 is 2.25 bits per heavy atom. The molecule has 108 valence electrons. The van der Waals surface area contributed by atoms with E-state index in [1.54, 1.807) is 12.3 Å². The van der Waals surface area contributed by atoms with Gasteiger partial charge >= 0.3 is 5.97 Å². The van der Waals surface area contributed by atoms with Crippen LogP contribution in [0.1, 0.15) is 22.4 Å². The molecule has 0 atom stereocenters. The molecule has 0 unspecified atom stereocenters. The lowest BCUT2D eigenvalue weighted by Crippen LogP contribution is -2.04. The molecule has 0 aliphatic heterocycles. The van der Waals surface area contributed by atoms with Crippen LogP contribution < -0.4 is 0 Å². The zero-order chi connectivity index (χ0) is 14.8. The molecule has 0 aliphatic rings. The van der Waals surface area contributed by atoms with Crippen molar-refractivity contribution >= 4 is 27.1 Å². The summed E-state index contributed by atoms with van der Waals surface area (Å²) in [4.78, 5) is 15.6. The number of thiazole rings is 1. The van der Waals surface area contributed by atoms with E-state index in [1.807, 2.05) is 0 Å². The zero-order valence-corrected chi connectivity index (χ0v) is 12.5. The van der Waals surface area contributed by atoms with Crippen LogP contribution in [0.3, 0.4) is 0 Å². The van der Waals surface area contributed by atoms with Gasteiger partial charge < -0.3 is 9.26 Å². The summed E-state index contributed by atoms with van der Waals surface area (Å²) in [6.07, 6.45) is 1.14. The highest BCUT2D eigenvalue weighted by Gasteiger charge is 2.17. The Hall–Kier alpha value is -1.74. The normalized spacial score (nSPS) is 11.5. The minimum atomic E-state index is -3.13. The SMILES string of the molecule is CCOC(=O)c1cc(-c2csc(CS(C)(=O)=O)n2)on1. The Morgan fingerprint density at radius 1 is 1.50 bits per heavy atom. The summed E-state index contributed by atoms with van der Waals surface area (Å²) >= 11 is 1.20. The largest absolute Gasteiger partial charge is 0.461 e. The highest BCUT2D eigenvalue weighted by atomic mass is 32.2. The summed E-state index contributed by atoms with van der Waals surface area (Å²) in [5.41, 5.74) is 0.496. The maximum atomic E-state index is 11.4. The fraction of sp³-hybridized carbons (Fsp3) is 0.364. The van der Waals surface area contributed by atoms with E-state index in [4.69, 9.17) is 9.26 Å². The number of hydrogen-bond donors (Lipinski definition) is 0. The van der Waals surface area contributed by atoms with Crippen LogP contribution in [-0.4, -0.2) is 37.4 Å². The van der Waals surface area contributed by atoms with Crippen molar-refractivity contribution in [3.05, 3.63) is 22.1 Å². The number of sulfone groups is 1. The van der Waals surface area contributed by atoms with Crippen LogP contribution in [0.25, 0.3) is 11.5 Å². The standard InChI is InChI=1S/C11H12N2O5S2/c1-3-17-11(14)7-4-9(18-13-7)8-5-19-10(12-8)6-20(2,15)16/h4-5H,3,6H2,1-2H3. The van der Waals surface area contributed by atoms with Crippen LogP contribution in [0.15, 0.2) is 16.0 Å². The number of aromatic nitrogens is 2. The lowest BCUT2D eigenvalue weighted by Gasteiger charge is -1.94. The van der Waals surface area contributed by atoms with E-state index in [-0.39, 0.29) is 18.1 Å². The third-order valence-electron chi connectivity index (χ3n) is 2.18. The Labute approximate surface area is 119 Å². The van der Waals surface area contributed by atoms with Crippen molar-refractivity contribution in [1.29, 1.82) is 0 Å². The van der Waals surface area contributed by atoms with Crippen molar-refractivity contribution in [3.8, 4) is 11.5 Å². The summed E-state index contributed by atoms with van der Waals surface area (Å²) in [5.74, 6) is -0.408. The molecule has 0 aromatic carbocycles. The summed E-state index contributed by atoms with van der Waals surface area (Å²) in [6, 6.07) is 1.41. The predicted molar refractivity (Wildman–Crippen MR) is 72.1 cm³/mol. The lowest BCUT2D eigenvalue weighted by atomic mass is 10.3. The van der Waals surface area contributed by atoms with Crippen LogP contribution in [0, 0.1) is 0 Å². The highest BCUT2D eigenvalue weighted by Crippen LogP contribution is 2.23. The smallest absolute Gasteiger partial charge is 0.360 e. The summed E-state index contributed by atoms with van der Waals surface area (Å²) in [7, 11) is -3.13. The molecule has 2 heterocycles. The van der Waals surface area contributed by atoms with Crippen LogP contribution in [-0.2, 0) is 20.3 Å². The Bertz CT molecular complexity index is 717. The van der Waals surface area contributed by atoms with Gasteiger partial charge in [0.2, 0.25) is 0 Å². The van der Waals surface area contributed by atoms with Crippen molar-refractivity contribution in [2.75, 3.05) is 12.9 Å². The summed E-state index contributed by atoms with van der Waals surface area (Å²) < 4.78 is 32.2. The fourth-order valence-corrected chi connectivity index (χ4v) is 3.41. The van der Waals surface area contributed by atoms with Crippen molar-refractivity contribution in [2.45, 2.75) is 12.7 Å². The monoisotopic (exact) mass is 316 g/mol. The number of carbonyl (C=O) groups excluding carboxylic acids is 1. The Kier molecular flexibility index (Phi) is 4.19. The molecule has 2 rings (SSSR count). The van der Waals surface area contributed by atoms with Crippen LogP contribution in [0.5, 0.6) is 0 Å². The molecule has 0 saturated carbocycles. The van der Waals surface area contributed by atoms with E-state index in [9.17, 15) is 13.2 Å². The van der Waals surface area contributed by atoms with E-state index in [1.165, 1.54) is 17.4 Å². The third kappa shape index (κ3) is 3.64. The number of esters is 1. The topological polar surface area (TPSA) is 99.4 Å². The molecule has 0 aliphatic carbocycles. The molecule has 0 amide bonds. The Morgan fingerprint density at radius 3 is 2.90 bits per heavy atom. The number of rotatable bonds is 5. The molecule has 0 N–H and O–H groups in total. The lowest BCUT2D eigenvalue weighted by molar-refractivity contribution is 0.0514. The van der Waals surface area contributed by atoms with Crippen molar-refractivity contribution in [1.82, 2.24) is 10.1 Å². The van der Waals surface area contributed by atoms with Gasteiger partial charge in [-0.2, -0.15) is 0 Å². The quantitative estimate of drug-likeness (QED) is 0.771. The Balaban J connectivity index is 2.18. The fourth-order valence-electron chi connectivity index (χ4n) is 1.41. The van der Waals surface area contributed by atoms with Crippen LogP contribution in [0.4, 0.5) is 0 Å². The summed E-state index contributed by atoms with van der Waals surface area (Å²) in [6.45, 7) is 1.94. The van der Waals surface area contributed by atoms with Gasteiger partial charge in [0.1, 0.15) is 16.5 Å². The van der Waals surface area contributed by atoms with Gasteiger partial charge in [-0.15, -0.1) is 11.3 Å². The molecule has 7 nitrogen and oxygen atoms in total. The molecule has 20 heavy (non-hydrogen) atoms. The first-order valence-corrected chi connectivity index (χ1v) is 8.59. The number of carbonyl (C=O) groups is 1. The minimum Gasteiger partial charge on any atom is -0.461 e. The maximum Gasteiger partial charge on any atom is 0.360 e. The van der Waals surface area contributed by atoms with Gasteiger partial charge in [0.15, 0.2) is 21.3 Å². The molecular weight excluding hydrogens is 304 g/mol. The van der Waals surface area contributed by atoms with Gasteiger partial charge in [0.05, 0.1) is 6.61 Å². The molecule has 0 bridgehead atoms. The summed E-state index contributed by atoms with van der Waals surface area (Å²) in [5, 5.41) is 5.70. The molecule has 9 heteroatoms. The second kappa shape index (κ2) is 5.71. The predicted octanol–water partition coefficient (Wildman–Crippen LogP) is 1.52. The molecule has 0 radical (unpaired) electrons. The molecule has 0 fully saturated rings. The molecular formula is C11H12N2O5S2. The van der Waals surface area contributed by atoms with E-state index >= 15 is 0 Å². The van der Waals surface area contributed by atoms with Gasteiger partial charge in [0, 0.05) is 17.7 Å². The second-order valence-corrected chi connectivity index (χ2v) is 7.08. The highest BCUT2D eigenvalue weighted by molar-refractivity contribution is 7.90. The first-order chi connectivity index (χ1) is 9.39. The molecule has 0 spiro atoms. The number of nitrogens with zero attached hydrogens (tertiary/aromatic N) is 2. The molecule has 0 saturated heterocycles. The van der Waals surface area contributed by atoms with Gasteiger partial charge in [-0.25, -0.2) is 18.2 Å². The first kappa shape index (κ1) is 14.7. The third-order valence-corrected chi connectivity index (χ3v) is 4.01. The van der Waals surface area contributed by atoms with Gasteiger partial charge in [-0.1, -0.05) is 5.16 Å². The van der Waals surface area contributed by atoms with Crippen molar-refractivity contribution in [2.24, 2.45) is 0 Å². The average molecular weight is 316 g/mol. The van der Waals surface area contributed by atoms with E-state index in [2.05, 4.69) is 10.1 Å². The van der Waals surface area contributed by atoms with Crippen molar-refractivity contribution < 1.29 is 22.5 Å². The van der Waals surface area contributed by atoms with Gasteiger partial charge in [-0.05, 0) is 6.92 Å². The minimum absolute atomic E-state index is 0.0551. The number of hydrogen-bond acceptors (Lipinski definition) is 8. The van der Waals surface area contributed by atoms with E-state index in [0.29, 0.717) is 16.5 Å². The molecule has 2 aromatic heterocycles. The average Bonchev–Trinajstić information content (AvgIpc) is 2.95. The van der Waals surface area contributed by atoms with Crippen molar-refractivity contribution in [3.63, 3.8) is 0 Å². The zero-order valence-electron chi connectivity index (χ0n) is 10.8. The second-order valence-electron chi connectivity index (χ2n) is 3.99.